The summed E-state index contributed by atoms with van der Waals surface area (Å²) in [6.45, 7) is 0.417. The maximum Gasteiger partial charge on any atom is 0.266 e. The van der Waals surface area contributed by atoms with E-state index in [1.807, 2.05) is 24.3 Å². The van der Waals surface area contributed by atoms with Crippen LogP contribution in [0.4, 0.5) is 0 Å². The lowest BCUT2D eigenvalue weighted by molar-refractivity contribution is -0.133. The molecule has 1 heterocycles. The van der Waals surface area contributed by atoms with E-state index in [1.54, 1.807) is 56.6 Å². The normalized spacial score (nSPS) is 18.7. The molecule has 0 radical (unpaired) electrons. The standard InChI is InChI=1S/C29H32BrN3O6S/c1-33(2)32-28(35)29(17-20-40(36,37)25-7-4-3-5-8-25)26(21-9-13-23(30)14-10-21)39-27(31-29)22-11-15-24(16-12-22)38-19-6-18-34/h3-5,7-16,26,34H,6,17-20H2,1-2H3,(H,32,35)/t26-,29-/m0/s1. The number of aliphatic hydroxyl groups excluding tert-OH is 1. The Bertz CT molecular complexity index is 1430. The minimum Gasteiger partial charge on any atom is -0.494 e. The Morgan fingerprint density at radius 3 is 2.38 bits per heavy atom. The highest BCUT2D eigenvalue weighted by molar-refractivity contribution is 9.10. The van der Waals surface area contributed by atoms with E-state index in [1.165, 1.54) is 17.1 Å². The largest absolute Gasteiger partial charge is 0.494 e. The summed E-state index contributed by atoms with van der Waals surface area (Å²) in [5.74, 6) is 0.0437. The SMILES string of the molecule is CN(C)NC(=O)[C@@]1(CCS(=O)(=O)c2ccccc2)N=C(c2ccc(OCCCO)cc2)O[C@H]1c1ccc(Br)cc1. The van der Waals surface area contributed by atoms with Gasteiger partial charge in [0, 0.05) is 43.6 Å². The van der Waals surface area contributed by atoms with Crippen molar-refractivity contribution < 1.29 is 27.8 Å². The number of amides is 1. The van der Waals surface area contributed by atoms with Gasteiger partial charge in [-0.3, -0.25) is 10.2 Å². The van der Waals surface area contributed by atoms with Crippen molar-refractivity contribution >= 4 is 37.6 Å². The first-order valence-corrected chi connectivity index (χ1v) is 15.2. The highest BCUT2D eigenvalue weighted by atomic mass is 79.9. The van der Waals surface area contributed by atoms with Crippen molar-refractivity contribution in [2.45, 2.75) is 29.4 Å². The Labute approximate surface area is 242 Å². The molecule has 212 valence electrons. The third-order valence-electron chi connectivity index (χ3n) is 6.38. The predicted molar refractivity (Wildman–Crippen MR) is 156 cm³/mol. The summed E-state index contributed by atoms with van der Waals surface area (Å²) in [6, 6.07) is 22.5. The average Bonchev–Trinajstić information content (AvgIpc) is 3.34. The molecular weight excluding hydrogens is 598 g/mol. The smallest absolute Gasteiger partial charge is 0.266 e. The number of hydrogen-bond acceptors (Lipinski definition) is 8. The fraction of sp³-hybridized carbons (Fsp3) is 0.310. The van der Waals surface area contributed by atoms with Crippen LogP contribution in [0.1, 0.15) is 30.1 Å². The van der Waals surface area contributed by atoms with E-state index in [0.717, 1.165) is 4.47 Å². The Morgan fingerprint density at radius 2 is 1.75 bits per heavy atom. The molecule has 11 heteroatoms. The molecule has 0 fully saturated rings. The monoisotopic (exact) mass is 629 g/mol. The Hall–Kier alpha value is -3.25. The molecule has 0 saturated carbocycles. The van der Waals surface area contributed by atoms with Crippen LogP contribution in [0.5, 0.6) is 5.75 Å². The molecule has 0 bridgehead atoms. The van der Waals surface area contributed by atoms with Crippen molar-refractivity contribution in [2.24, 2.45) is 4.99 Å². The van der Waals surface area contributed by atoms with Gasteiger partial charge in [0.25, 0.3) is 5.91 Å². The van der Waals surface area contributed by atoms with Gasteiger partial charge in [-0.05, 0) is 54.1 Å². The number of rotatable bonds is 12. The van der Waals surface area contributed by atoms with E-state index in [4.69, 9.17) is 19.6 Å². The van der Waals surface area contributed by atoms with Gasteiger partial charge in [0.1, 0.15) is 5.75 Å². The van der Waals surface area contributed by atoms with Crippen LogP contribution in [0.3, 0.4) is 0 Å². The van der Waals surface area contributed by atoms with Gasteiger partial charge >= 0.3 is 0 Å². The van der Waals surface area contributed by atoms with Gasteiger partial charge in [0.15, 0.2) is 21.5 Å². The van der Waals surface area contributed by atoms with Crippen LogP contribution in [0.15, 0.2) is 93.2 Å². The van der Waals surface area contributed by atoms with Gasteiger partial charge in [-0.1, -0.05) is 46.3 Å². The molecule has 2 atom stereocenters. The molecule has 40 heavy (non-hydrogen) atoms. The average molecular weight is 631 g/mol. The molecule has 3 aromatic rings. The van der Waals surface area contributed by atoms with E-state index < -0.39 is 27.4 Å². The van der Waals surface area contributed by atoms with Crippen molar-refractivity contribution in [2.75, 3.05) is 33.1 Å². The third-order valence-corrected chi connectivity index (χ3v) is 8.64. The van der Waals surface area contributed by atoms with Crippen LogP contribution >= 0.6 is 15.9 Å². The molecule has 0 unspecified atom stereocenters. The predicted octanol–water partition coefficient (Wildman–Crippen LogP) is 3.92. The third kappa shape index (κ3) is 6.90. The highest BCUT2D eigenvalue weighted by Gasteiger charge is 2.53. The fourth-order valence-electron chi connectivity index (χ4n) is 4.34. The first-order valence-electron chi connectivity index (χ1n) is 12.8. The van der Waals surface area contributed by atoms with Crippen molar-refractivity contribution in [1.82, 2.24) is 10.4 Å². The van der Waals surface area contributed by atoms with E-state index >= 15 is 0 Å². The van der Waals surface area contributed by atoms with Gasteiger partial charge in [-0.15, -0.1) is 0 Å². The number of carbonyl (C=O) groups excluding carboxylic acids is 1. The first kappa shape index (κ1) is 29.7. The molecule has 1 aliphatic rings. The highest BCUT2D eigenvalue weighted by Crippen LogP contribution is 2.43. The fourth-order valence-corrected chi connectivity index (χ4v) is 6.00. The maximum atomic E-state index is 13.9. The minimum atomic E-state index is -3.72. The van der Waals surface area contributed by atoms with Crippen molar-refractivity contribution in [3.05, 3.63) is 94.5 Å². The summed E-state index contributed by atoms with van der Waals surface area (Å²) in [7, 11) is -0.364. The molecule has 0 spiro atoms. The van der Waals surface area contributed by atoms with E-state index in [2.05, 4.69) is 21.4 Å². The second kappa shape index (κ2) is 12.9. The lowest BCUT2D eigenvalue weighted by Crippen LogP contribution is -2.53. The lowest BCUT2D eigenvalue weighted by atomic mass is 9.85. The molecule has 0 aliphatic carbocycles. The summed E-state index contributed by atoms with van der Waals surface area (Å²) in [5, 5.41) is 10.5. The Balaban J connectivity index is 1.75. The second-order valence-corrected chi connectivity index (χ2v) is 12.6. The summed E-state index contributed by atoms with van der Waals surface area (Å²) in [6.07, 6.45) is -0.486. The van der Waals surface area contributed by atoms with E-state index in [9.17, 15) is 13.2 Å². The molecule has 1 amide bonds. The molecule has 1 aliphatic heterocycles. The number of halogens is 1. The van der Waals surface area contributed by atoms with Crippen molar-refractivity contribution in [3.63, 3.8) is 0 Å². The summed E-state index contributed by atoms with van der Waals surface area (Å²) < 4.78 is 39.4. The first-order chi connectivity index (χ1) is 19.1. The zero-order valence-corrected chi connectivity index (χ0v) is 24.7. The summed E-state index contributed by atoms with van der Waals surface area (Å²) in [5.41, 5.74) is 2.50. The van der Waals surface area contributed by atoms with Crippen LogP contribution in [0.25, 0.3) is 0 Å². The number of nitrogens with one attached hydrogen (secondary N) is 1. The molecule has 2 N–H and O–H groups in total. The Kier molecular flexibility index (Phi) is 9.62. The molecular formula is C29H32BrN3O6S. The van der Waals surface area contributed by atoms with Gasteiger partial charge in [0.05, 0.1) is 17.3 Å². The van der Waals surface area contributed by atoms with Crippen molar-refractivity contribution in [1.29, 1.82) is 0 Å². The summed E-state index contributed by atoms with van der Waals surface area (Å²) in [4.78, 5) is 18.9. The number of aliphatic imine (C=N–C) groups is 1. The van der Waals surface area contributed by atoms with Crippen LogP contribution in [-0.4, -0.2) is 68.9 Å². The number of carbonyl (C=O) groups is 1. The van der Waals surface area contributed by atoms with Gasteiger partial charge < -0.3 is 14.6 Å². The Morgan fingerprint density at radius 1 is 1.07 bits per heavy atom. The van der Waals surface area contributed by atoms with Gasteiger partial charge in [-0.25, -0.2) is 18.4 Å². The number of hydrogen-bond donors (Lipinski definition) is 2. The molecule has 3 aromatic carbocycles. The van der Waals surface area contributed by atoms with Crippen LogP contribution in [0.2, 0.25) is 0 Å². The zero-order chi connectivity index (χ0) is 28.8. The zero-order valence-electron chi connectivity index (χ0n) is 22.3. The molecule has 9 nitrogen and oxygen atoms in total. The van der Waals surface area contributed by atoms with Gasteiger partial charge in [0.2, 0.25) is 5.90 Å². The number of aliphatic hydroxyl groups is 1. The topological polar surface area (TPSA) is 118 Å². The summed E-state index contributed by atoms with van der Waals surface area (Å²) >= 11 is 3.44. The maximum absolute atomic E-state index is 13.9. The van der Waals surface area contributed by atoms with Crippen LogP contribution < -0.4 is 10.2 Å². The van der Waals surface area contributed by atoms with E-state index in [0.29, 0.717) is 29.9 Å². The number of sulfone groups is 1. The van der Waals surface area contributed by atoms with E-state index in [-0.39, 0.29) is 29.6 Å². The lowest BCUT2D eigenvalue weighted by Gasteiger charge is -2.31. The molecule has 0 saturated heterocycles. The number of ether oxygens (including phenoxy) is 2. The number of nitrogens with zero attached hydrogens (tertiary/aromatic N) is 2. The van der Waals surface area contributed by atoms with Crippen LogP contribution in [0, 0.1) is 0 Å². The number of benzene rings is 3. The van der Waals surface area contributed by atoms with Crippen LogP contribution in [-0.2, 0) is 19.4 Å². The molecule has 0 aromatic heterocycles. The van der Waals surface area contributed by atoms with Crippen molar-refractivity contribution in [3.8, 4) is 5.75 Å². The minimum absolute atomic E-state index is 0.0390. The second-order valence-electron chi connectivity index (χ2n) is 9.56. The number of hydrazine groups is 1. The quantitative estimate of drug-likeness (QED) is 0.230. The molecule has 4 rings (SSSR count). The van der Waals surface area contributed by atoms with Gasteiger partial charge in [-0.2, -0.15) is 0 Å².